The van der Waals surface area contributed by atoms with Gasteiger partial charge in [-0.1, -0.05) is 13.8 Å². The molecule has 68 valence electrons. The molecule has 0 radical (unpaired) electrons. The number of halogens is 3. The van der Waals surface area contributed by atoms with Crippen molar-refractivity contribution >= 4 is 0 Å². The highest BCUT2D eigenvalue weighted by molar-refractivity contribution is 4.51. The summed E-state index contributed by atoms with van der Waals surface area (Å²) in [5.74, 6) is -0.322. The van der Waals surface area contributed by atoms with Gasteiger partial charge in [0.25, 0.3) is 0 Å². The Morgan fingerprint density at radius 3 is 2.09 bits per heavy atom. The van der Waals surface area contributed by atoms with Crippen LogP contribution in [0.1, 0.15) is 13.8 Å². The van der Waals surface area contributed by atoms with E-state index in [0.29, 0.717) is 0 Å². The minimum atomic E-state index is -4.37. The van der Waals surface area contributed by atoms with Gasteiger partial charge >= 0.3 is 6.18 Å². The van der Waals surface area contributed by atoms with E-state index in [4.69, 9.17) is 5.11 Å². The van der Waals surface area contributed by atoms with Crippen LogP contribution in [-0.2, 0) is 4.74 Å². The molecule has 0 saturated carbocycles. The third-order valence-electron chi connectivity index (χ3n) is 0.988. The summed E-state index contributed by atoms with van der Waals surface area (Å²) in [6, 6.07) is 0. The first kappa shape index (κ1) is 10.7. The Bertz CT molecular complexity index is 111. The zero-order valence-corrected chi connectivity index (χ0v) is 6.35. The summed E-state index contributed by atoms with van der Waals surface area (Å²) < 4.78 is 38.4. The average molecular weight is 172 g/mol. The van der Waals surface area contributed by atoms with Crippen LogP contribution < -0.4 is 0 Å². The molecule has 2 nitrogen and oxygen atoms in total. The summed E-state index contributed by atoms with van der Waals surface area (Å²) in [7, 11) is 0. The predicted octanol–water partition coefficient (Wildman–Crippen LogP) is 1.54. The van der Waals surface area contributed by atoms with Crippen molar-refractivity contribution in [3.63, 3.8) is 0 Å². The summed E-state index contributed by atoms with van der Waals surface area (Å²) in [5, 5.41) is 8.77. The Morgan fingerprint density at radius 1 is 1.36 bits per heavy atom. The SMILES string of the molecule is CC(C)C(O)OCC(F)(F)F. The molecule has 0 aromatic rings. The quantitative estimate of drug-likeness (QED) is 0.654. The summed E-state index contributed by atoms with van der Waals surface area (Å²) >= 11 is 0. The minimum Gasteiger partial charge on any atom is -0.368 e. The summed E-state index contributed by atoms with van der Waals surface area (Å²) in [6.45, 7) is 1.74. The molecule has 0 saturated heterocycles. The maximum Gasteiger partial charge on any atom is 0.411 e. The van der Waals surface area contributed by atoms with Crippen LogP contribution in [0, 0.1) is 5.92 Å². The molecule has 1 N–H and O–H groups in total. The molecule has 0 aromatic carbocycles. The molecule has 0 heterocycles. The zero-order valence-electron chi connectivity index (χ0n) is 6.35. The fourth-order valence-corrected chi connectivity index (χ4v) is 0.372. The molecule has 0 spiro atoms. The van der Waals surface area contributed by atoms with E-state index in [1.807, 2.05) is 0 Å². The van der Waals surface area contributed by atoms with Crippen molar-refractivity contribution in [2.75, 3.05) is 6.61 Å². The van der Waals surface area contributed by atoms with Crippen LogP contribution in [0.5, 0.6) is 0 Å². The van der Waals surface area contributed by atoms with E-state index < -0.39 is 19.1 Å². The van der Waals surface area contributed by atoms with Crippen molar-refractivity contribution < 1.29 is 23.0 Å². The van der Waals surface area contributed by atoms with E-state index in [9.17, 15) is 13.2 Å². The molecule has 0 aliphatic rings. The Kier molecular flexibility index (Phi) is 3.82. The van der Waals surface area contributed by atoms with E-state index >= 15 is 0 Å². The Labute approximate surface area is 63.0 Å². The monoisotopic (exact) mass is 172 g/mol. The molecule has 0 aliphatic heterocycles. The molecule has 0 aromatic heterocycles. The molecule has 0 aliphatic carbocycles. The molecule has 5 heteroatoms. The van der Waals surface area contributed by atoms with Crippen LogP contribution in [-0.4, -0.2) is 24.2 Å². The summed E-state index contributed by atoms with van der Waals surface area (Å²) in [4.78, 5) is 0. The Morgan fingerprint density at radius 2 is 1.82 bits per heavy atom. The van der Waals surface area contributed by atoms with Gasteiger partial charge in [0, 0.05) is 5.92 Å². The fourth-order valence-electron chi connectivity index (χ4n) is 0.372. The van der Waals surface area contributed by atoms with Gasteiger partial charge in [-0.3, -0.25) is 0 Å². The molecule has 0 rings (SSSR count). The second kappa shape index (κ2) is 3.92. The molecule has 1 atom stereocenters. The highest BCUT2D eigenvalue weighted by atomic mass is 19.4. The van der Waals surface area contributed by atoms with Crippen LogP contribution >= 0.6 is 0 Å². The maximum atomic E-state index is 11.4. The maximum absolute atomic E-state index is 11.4. The first-order valence-electron chi connectivity index (χ1n) is 3.19. The number of ether oxygens (including phenoxy) is 1. The normalized spacial score (nSPS) is 15.5. The lowest BCUT2D eigenvalue weighted by Crippen LogP contribution is -2.26. The first-order valence-corrected chi connectivity index (χ1v) is 3.19. The summed E-state index contributed by atoms with van der Waals surface area (Å²) in [5.41, 5.74) is 0. The number of aliphatic hydroxyl groups is 1. The van der Waals surface area contributed by atoms with Gasteiger partial charge < -0.3 is 9.84 Å². The third kappa shape index (κ3) is 6.12. The van der Waals surface area contributed by atoms with Crippen molar-refractivity contribution in [3.05, 3.63) is 0 Å². The molecular weight excluding hydrogens is 161 g/mol. The van der Waals surface area contributed by atoms with E-state index in [0.717, 1.165) is 0 Å². The van der Waals surface area contributed by atoms with Crippen molar-refractivity contribution in [1.82, 2.24) is 0 Å². The molecule has 11 heavy (non-hydrogen) atoms. The van der Waals surface area contributed by atoms with Crippen LogP contribution in [0.3, 0.4) is 0 Å². The van der Waals surface area contributed by atoms with E-state index in [1.54, 1.807) is 13.8 Å². The van der Waals surface area contributed by atoms with Gasteiger partial charge in [0.1, 0.15) is 6.61 Å². The van der Waals surface area contributed by atoms with Crippen LogP contribution in [0.25, 0.3) is 0 Å². The molecule has 0 bridgehead atoms. The van der Waals surface area contributed by atoms with Gasteiger partial charge in [0.2, 0.25) is 0 Å². The first-order chi connectivity index (χ1) is 4.83. The lowest BCUT2D eigenvalue weighted by Gasteiger charge is -2.16. The number of hydrogen-bond acceptors (Lipinski definition) is 2. The minimum absolute atomic E-state index is 0.322. The lowest BCUT2D eigenvalue weighted by molar-refractivity contribution is -0.225. The summed E-state index contributed by atoms with van der Waals surface area (Å²) in [6.07, 6.45) is -5.70. The highest BCUT2D eigenvalue weighted by Crippen LogP contribution is 2.16. The van der Waals surface area contributed by atoms with Gasteiger partial charge in [-0.05, 0) is 0 Å². The van der Waals surface area contributed by atoms with Crippen molar-refractivity contribution in [1.29, 1.82) is 0 Å². The standard InChI is InChI=1S/C6H11F3O2/c1-4(2)5(10)11-3-6(7,8)9/h4-5,10H,3H2,1-2H3. The molecule has 1 unspecified atom stereocenters. The highest BCUT2D eigenvalue weighted by Gasteiger charge is 2.29. The molecule has 0 fully saturated rings. The van der Waals surface area contributed by atoms with Crippen LogP contribution in [0.2, 0.25) is 0 Å². The van der Waals surface area contributed by atoms with Crippen molar-refractivity contribution in [2.24, 2.45) is 5.92 Å². The van der Waals surface area contributed by atoms with Gasteiger partial charge in [0.05, 0.1) is 0 Å². The number of alkyl halides is 3. The third-order valence-corrected chi connectivity index (χ3v) is 0.988. The number of rotatable bonds is 3. The second-order valence-corrected chi connectivity index (χ2v) is 2.56. The van der Waals surface area contributed by atoms with Gasteiger partial charge in [-0.25, -0.2) is 0 Å². The zero-order chi connectivity index (χ0) is 9.07. The Hall–Kier alpha value is -0.290. The number of aliphatic hydroxyl groups excluding tert-OH is 1. The fraction of sp³-hybridized carbons (Fsp3) is 1.00. The lowest BCUT2D eigenvalue weighted by atomic mass is 10.2. The van der Waals surface area contributed by atoms with E-state index in [-0.39, 0.29) is 5.92 Å². The van der Waals surface area contributed by atoms with Gasteiger partial charge in [-0.15, -0.1) is 0 Å². The average Bonchev–Trinajstić information content (AvgIpc) is 1.80. The molecular formula is C6H11F3O2. The van der Waals surface area contributed by atoms with Crippen LogP contribution in [0.15, 0.2) is 0 Å². The van der Waals surface area contributed by atoms with Gasteiger partial charge in [0.15, 0.2) is 6.29 Å². The van der Waals surface area contributed by atoms with E-state index in [2.05, 4.69) is 4.74 Å². The largest absolute Gasteiger partial charge is 0.411 e. The number of hydrogen-bond donors (Lipinski definition) is 1. The van der Waals surface area contributed by atoms with Gasteiger partial charge in [-0.2, -0.15) is 13.2 Å². The smallest absolute Gasteiger partial charge is 0.368 e. The molecule has 0 amide bonds. The topological polar surface area (TPSA) is 29.5 Å². The van der Waals surface area contributed by atoms with Crippen LogP contribution in [0.4, 0.5) is 13.2 Å². The Balaban J connectivity index is 3.54. The van der Waals surface area contributed by atoms with Crippen molar-refractivity contribution in [3.8, 4) is 0 Å². The second-order valence-electron chi connectivity index (χ2n) is 2.56. The van der Waals surface area contributed by atoms with Crippen molar-refractivity contribution in [2.45, 2.75) is 26.3 Å². The van der Waals surface area contributed by atoms with E-state index in [1.165, 1.54) is 0 Å². The predicted molar refractivity (Wildman–Crippen MR) is 32.9 cm³/mol.